The van der Waals surface area contributed by atoms with E-state index in [2.05, 4.69) is 4.74 Å². The van der Waals surface area contributed by atoms with E-state index < -0.39 is 39.5 Å². The van der Waals surface area contributed by atoms with Crippen molar-refractivity contribution in [1.82, 2.24) is 0 Å². The van der Waals surface area contributed by atoms with Crippen LogP contribution in [0, 0.1) is 20.2 Å². The van der Waals surface area contributed by atoms with Crippen LogP contribution in [0.1, 0.15) is 13.3 Å². The van der Waals surface area contributed by atoms with Crippen molar-refractivity contribution in [3.8, 4) is 0 Å². The second kappa shape index (κ2) is 7.11. The molecule has 1 amide bonds. The van der Waals surface area contributed by atoms with Crippen molar-refractivity contribution in [2.75, 3.05) is 18.6 Å². The van der Waals surface area contributed by atoms with Gasteiger partial charge in [-0.3, -0.25) is 29.8 Å². The van der Waals surface area contributed by atoms with Crippen LogP contribution in [-0.4, -0.2) is 35.4 Å². The number of benzene rings is 1. The van der Waals surface area contributed by atoms with Crippen molar-refractivity contribution >= 4 is 28.9 Å². The fourth-order valence-electron chi connectivity index (χ4n) is 1.64. The van der Waals surface area contributed by atoms with Gasteiger partial charge in [-0.2, -0.15) is 0 Å². The summed E-state index contributed by atoms with van der Waals surface area (Å²) in [4.78, 5) is 44.1. The monoisotopic (exact) mass is 311 g/mol. The molecule has 0 saturated heterocycles. The Morgan fingerprint density at radius 2 is 1.86 bits per heavy atom. The minimum atomic E-state index is -0.837. The maximum absolute atomic E-state index is 11.9. The first-order chi connectivity index (χ1) is 10.3. The molecular formula is C12H13N3O7. The van der Waals surface area contributed by atoms with E-state index in [9.17, 15) is 29.8 Å². The number of nitro groups is 2. The van der Waals surface area contributed by atoms with Gasteiger partial charge in [0.2, 0.25) is 5.91 Å². The number of ether oxygens (including phenoxy) is 1. The van der Waals surface area contributed by atoms with Gasteiger partial charge in [0.25, 0.3) is 11.4 Å². The molecule has 0 N–H and O–H groups in total. The van der Waals surface area contributed by atoms with Gasteiger partial charge >= 0.3 is 5.97 Å². The number of amides is 1. The van der Waals surface area contributed by atoms with Gasteiger partial charge in [0.1, 0.15) is 12.1 Å². The summed E-state index contributed by atoms with van der Waals surface area (Å²) in [6.45, 7) is 1.68. The minimum absolute atomic E-state index is 0.105. The first-order valence-corrected chi connectivity index (χ1v) is 6.13. The first kappa shape index (κ1) is 17.0. The van der Waals surface area contributed by atoms with Crippen molar-refractivity contribution in [3.63, 3.8) is 0 Å². The predicted octanol–water partition coefficient (Wildman–Crippen LogP) is 1.42. The fraction of sp³-hybridized carbons (Fsp3) is 0.333. The number of esters is 1. The molecule has 1 aromatic rings. The zero-order chi connectivity index (χ0) is 16.9. The zero-order valence-electron chi connectivity index (χ0n) is 11.8. The zero-order valence-corrected chi connectivity index (χ0v) is 11.8. The van der Waals surface area contributed by atoms with Gasteiger partial charge in [-0.1, -0.05) is 0 Å². The van der Waals surface area contributed by atoms with Crippen LogP contribution in [0.2, 0.25) is 0 Å². The lowest BCUT2D eigenvalue weighted by molar-refractivity contribution is -0.393. The maximum atomic E-state index is 11.9. The van der Waals surface area contributed by atoms with Crippen LogP contribution in [-0.2, 0) is 14.3 Å². The second-order valence-corrected chi connectivity index (χ2v) is 4.12. The van der Waals surface area contributed by atoms with Crippen LogP contribution in [0.3, 0.4) is 0 Å². The number of carbonyl (C=O) groups is 2. The van der Waals surface area contributed by atoms with E-state index in [0.29, 0.717) is 0 Å². The van der Waals surface area contributed by atoms with Crippen molar-refractivity contribution in [3.05, 3.63) is 38.4 Å². The summed E-state index contributed by atoms with van der Waals surface area (Å²) in [5.74, 6) is -1.49. The molecule has 0 saturated carbocycles. The molecule has 0 aliphatic rings. The summed E-state index contributed by atoms with van der Waals surface area (Å²) in [6.07, 6.45) is -0.585. The number of nitrogens with zero attached hydrogens (tertiary/aromatic N) is 3. The average molecular weight is 311 g/mol. The minimum Gasteiger partial charge on any atom is -0.466 e. The Labute approximate surface area is 124 Å². The van der Waals surface area contributed by atoms with Crippen molar-refractivity contribution < 1.29 is 24.2 Å². The molecule has 0 unspecified atom stereocenters. The molecule has 0 atom stereocenters. The summed E-state index contributed by atoms with van der Waals surface area (Å²) < 4.78 is 4.62. The van der Waals surface area contributed by atoms with E-state index in [1.807, 2.05) is 0 Å². The number of non-ortho nitro benzene ring substituents is 1. The second-order valence-electron chi connectivity index (χ2n) is 4.12. The van der Waals surface area contributed by atoms with Gasteiger partial charge in [-0.15, -0.1) is 0 Å². The molecule has 0 aliphatic carbocycles. The number of rotatable bonds is 6. The SMILES string of the molecule is CCOC(=O)CC(=O)N(C)c1ccc([N+](=O)[O-])cc1[N+](=O)[O-]. The lowest BCUT2D eigenvalue weighted by Crippen LogP contribution is -2.29. The maximum Gasteiger partial charge on any atom is 0.315 e. The highest BCUT2D eigenvalue weighted by Gasteiger charge is 2.26. The van der Waals surface area contributed by atoms with E-state index in [1.165, 1.54) is 7.05 Å². The van der Waals surface area contributed by atoms with E-state index >= 15 is 0 Å². The topological polar surface area (TPSA) is 133 Å². The molecule has 0 radical (unpaired) electrons. The third-order valence-electron chi connectivity index (χ3n) is 2.70. The normalized spacial score (nSPS) is 9.91. The smallest absolute Gasteiger partial charge is 0.315 e. The lowest BCUT2D eigenvalue weighted by Gasteiger charge is -2.16. The summed E-state index contributed by atoms with van der Waals surface area (Å²) in [5, 5.41) is 21.7. The van der Waals surface area contributed by atoms with Crippen molar-refractivity contribution in [2.45, 2.75) is 13.3 Å². The standard InChI is InChI=1S/C12H13N3O7/c1-3-22-12(17)7-11(16)13(2)9-5-4-8(14(18)19)6-10(9)15(20)21/h4-6H,3,7H2,1-2H3. The quantitative estimate of drug-likeness (QED) is 0.335. The molecule has 0 aliphatic heterocycles. The first-order valence-electron chi connectivity index (χ1n) is 6.13. The van der Waals surface area contributed by atoms with E-state index in [1.54, 1.807) is 6.92 Å². The summed E-state index contributed by atoms with van der Waals surface area (Å²) in [5.41, 5.74) is -1.22. The van der Waals surface area contributed by atoms with Crippen LogP contribution in [0.15, 0.2) is 18.2 Å². The molecule has 118 valence electrons. The highest BCUT2D eigenvalue weighted by Crippen LogP contribution is 2.31. The predicted molar refractivity (Wildman–Crippen MR) is 74.4 cm³/mol. The highest BCUT2D eigenvalue weighted by atomic mass is 16.6. The Morgan fingerprint density at radius 1 is 1.23 bits per heavy atom. The average Bonchev–Trinajstić information content (AvgIpc) is 2.45. The Bertz CT molecular complexity index is 629. The molecule has 1 aromatic carbocycles. The van der Waals surface area contributed by atoms with Crippen LogP contribution < -0.4 is 4.90 Å². The van der Waals surface area contributed by atoms with E-state index in [-0.39, 0.29) is 12.3 Å². The number of carbonyl (C=O) groups excluding carboxylic acids is 2. The Balaban J connectivity index is 3.09. The number of anilines is 1. The Morgan fingerprint density at radius 3 is 2.36 bits per heavy atom. The molecule has 10 nitrogen and oxygen atoms in total. The summed E-state index contributed by atoms with van der Waals surface area (Å²) in [7, 11) is 1.23. The molecule has 0 fully saturated rings. The van der Waals surface area contributed by atoms with Gasteiger partial charge in [0.15, 0.2) is 0 Å². The molecular weight excluding hydrogens is 298 g/mol. The summed E-state index contributed by atoms with van der Waals surface area (Å²) in [6, 6.07) is 2.87. The Hall–Kier alpha value is -3.04. The van der Waals surface area contributed by atoms with Gasteiger partial charge < -0.3 is 9.64 Å². The van der Waals surface area contributed by atoms with Gasteiger partial charge in [-0.05, 0) is 13.0 Å². The van der Waals surface area contributed by atoms with Crippen LogP contribution in [0.25, 0.3) is 0 Å². The molecule has 0 bridgehead atoms. The Kier molecular flexibility index (Phi) is 5.50. The van der Waals surface area contributed by atoms with Crippen LogP contribution >= 0.6 is 0 Å². The number of nitro benzene ring substituents is 2. The molecule has 0 spiro atoms. The molecule has 0 aromatic heterocycles. The fourth-order valence-corrected chi connectivity index (χ4v) is 1.64. The largest absolute Gasteiger partial charge is 0.466 e. The third kappa shape index (κ3) is 3.98. The van der Waals surface area contributed by atoms with Crippen molar-refractivity contribution in [1.29, 1.82) is 0 Å². The van der Waals surface area contributed by atoms with Gasteiger partial charge in [-0.25, -0.2) is 0 Å². The van der Waals surface area contributed by atoms with E-state index in [4.69, 9.17) is 0 Å². The summed E-state index contributed by atoms with van der Waals surface area (Å²) >= 11 is 0. The molecule has 22 heavy (non-hydrogen) atoms. The van der Waals surface area contributed by atoms with Gasteiger partial charge in [0.05, 0.1) is 22.5 Å². The molecule has 10 heteroatoms. The third-order valence-corrected chi connectivity index (χ3v) is 2.70. The number of hydrogen-bond donors (Lipinski definition) is 0. The van der Waals surface area contributed by atoms with E-state index in [0.717, 1.165) is 23.1 Å². The lowest BCUT2D eigenvalue weighted by atomic mass is 10.2. The highest BCUT2D eigenvalue weighted by molar-refractivity contribution is 6.04. The number of hydrogen-bond acceptors (Lipinski definition) is 7. The van der Waals surface area contributed by atoms with Crippen LogP contribution in [0.5, 0.6) is 0 Å². The molecule has 0 heterocycles. The van der Waals surface area contributed by atoms with Gasteiger partial charge in [0, 0.05) is 13.1 Å². The van der Waals surface area contributed by atoms with Crippen molar-refractivity contribution in [2.24, 2.45) is 0 Å². The van der Waals surface area contributed by atoms with Crippen LogP contribution in [0.4, 0.5) is 17.1 Å². The molecule has 1 rings (SSSR count).